The maximum absolute atomic E-state index is 8.56. The Bertz CT molecular complexity index is 272. The molecule has 0 atom stereocenters. The number of nitriles is 1. The average Bonchev–Trinajstić information content (AvgIpc) is 2.30. The number of thiophene rings is 1. The molecule has 0 saturated heterocycles. The molecule has 0 spiro atoms. The monoisotopic (exact) mass is 171 g/mol. The summed E-state index contributed by atoms with van der Waals surface area (Å²) in [5.74, 6) is 0.443. The molecule has 1 aromatic heterocycles. The van der Waals surface area contributed by atoms with Crippen LogP contribution in [0, 0.1) is 18.3 Å². The SMILES string of the molecule is Cc1csc(C#N)c1CCl. The quantitative estimate of drug-likeness (QED) is 0.596. The second kappa shape index (κ2) is 3.05. The summed E-state index contributed by atoms with van der Waals surface area (Å²) >= 11 is 7.07. The van der Waals surface area contributed by atoms with E-state index in [1.165, 1.54) is 11.3 Å². The third-order valence-electron chi connectivity index (χ3n) is 1.34. The maximum atomic E-state index is 8.56. The number of hydrogen-bond donors (Lipinski definition) is 0. The van der Waals surface area contributed by atoms with Crippen molar-refractivity contribution in [3.05, 3.63) is 21.4 Å². The van der Waals surface area contributed by atoms with Gasteiger partial charge in [-0.2, -0.15) is 5.26 Å². The predicted octanol–water partition coefficient (Wildman–Crippen LogP) is 2.67. The van der Waals surface area contributed by atoms with Crippen LogP contribution in [0.2, 0.25) is 0 Å². The largest absolute Gasteiger partial charge is 0.192 e. The van der Waals surface area contributed by atoms with Crippen molar-refractivity contribution in [3.8, 4) is 6.07 Å². The van der Waals surface area contributed by atoms with Gasteiger partial charge < -0.3 is 0 Å². The Morgan fingerprint density at radius 3 is 2.90 bits per heavy atom. The fraction of sp³-hybridized carbons (Fsp3) is 0.286. The number of nitrogens with zero attached hydrogens (tertiary/aromatic N) is 1. The molecule has 0 aromatic carbocycles. The molecular formula is C7H6ClNS. The molecule has 0 radical (unpaired) electrons. The molecule has 0 bridgehead atoms. The molecule has 0 aliphatic rings. The summed E-state index contributed by atoms with van der Waals surface area (Å²) in [6, 6.07) is 2.10. The number of alkyl halides is 1. The molecule has 1 rings (SSSR count). The molecule has 0 amide bonds. The van der Waals surface area contributed by atoms with Gasteiger partial charge in [-0.25, -0.2) is 0 Å². The van der Waals surface area contributed by atoms with E-state index < -0.39 is 0 Å². The minimum absolute atomic E-state index is 0.443. The lowest BCUT2D eigenvalue weighted by Crippen LogP contribution is -1.79. The van der Waals surface area contributed by atoms with Gasteiger partial charge in [-0.1, -0.05) is 0 Å². The molecule has 3 heteroatoms. The van der Waals surface area contributed by atoms with Gasteiger partial charge in [-0.15, -0.1) is 22.9 Å². The predicted molar refractivity (Wildman–Crippen MR) is 43.3 cm³/mol. The number of rotatable bonds is 1. The van der Waals surface area contributed by atoms with Gasteiger partial charge in [0.15, 0.2) is 0 Å². The second-order valence-electron chi connectivity index (χ2n) is 1.97. The first kappa shape index (κ1) is 7.59. The van der Waals surface area contributed by atoms with Crippen molar-refractivity contribution in [3.63, 3.8) is 0 Å². The van der Waals surface area contributed by atoms with Crippen LogP contribution in [0.4, 0.5) is 0 Å². The van der Waals surface area contributed by atoms with Gasteiger partial charge in [0.2, 0.25) is 0 Å². The summed E-state index contributed by atoms with van der Waals surface area (Å²) in [6.45, 7) is 1.97. The molecule has 0 saturated carbocycles. The molecule has 0 aliphatic carbocycles. The Morgan fingerprint density at radius 2 is 2.50 bits per heavy atom. The van der Waals surface area contributed by atoms with E-state index in [4.69, 9.17) is 16.9 Å². The fourth-order valence-corrected chi connectivity index (χ4v) is 2.02. The average molecular weight is 172 g/mol. The first-order valence-electron chi connectivity index (χ1n) is 2.82. The zero-order valence-corrected chi connectivity index (χ0v) is 7.09. The fourth-order valence-electron chi connectivity index (χ4n) is 0.729. The molecule has 10 heavy (non-hydrogen) atoms. The van der Waals surface area contributed by atoms with Gasteiger partial charge in [0, 0.05) is 5.88 Å². The van der Waals surface area contributed by atoms with E-state index in [-0.39, 0.29) is 0 Å². The molecule has 0 N–H and O–H groups in total. The van der Waals surface area contributed by atoms with Crippen LogP contribution in [0.15, 0.2) is 5.38 Å². The molecular weight excluding hydrogens is 166 g/mol. The van der Waals surface area contributed by atoms with E-state index in [9.17, 15) is 0 Å². The van der Waals surface area contributed by atoms with Crippen molar-refractivity contribution >= 4 is 22.9 Å². The summed E-state index contributed by atoms with van der Waals surface area (Å²) in [5, 5.41) is 10.5. The molecule has 0 fully saturated rings. The van der Waals surface area contributed by atoms with Crippen LogP contribution in [-0.2, 0) is 5.88 Å². The lowest BCUT2D eigenvalue weighted by Gasteiger charge is -1.90. The van der Waals surface area contributed by atoms with E-state index in [2.05, 4.69) is 6.07 Å². The van der Waals surface area contributed by atoms with Crippen molar-refractivity contribution in [2.24, 2.45) is 0 Å². The van der Waals surface area contributed by atoms with E-state index in [0.717, 1.165) is 16.0 Å². The summed E-state index contributed by atoms with van der Waals surface area (Å²) in [4.78, 5) is 0.743. The molecule has 52 valence electrons. The lowest BCUT2D eigenvalue weighted by atomic mass is 10.2. The first-order chi connectivity index (χ1) is 4.79. The van der Waals surface area contributed by atoms with Gasteiger partial charge in [-0.05, 0) is 23.4 Å². The molecule has 1 aromatic rings. The van der Waals surface area contributed by atoms with Gasteiger partial charge >= 0.3 is 0 Å². The normalized spacial score (nSPS) is 9.30. The molecule has 0 aliphatic heterocycles. The minimum atomic E-state index is 0.443. The van der Waals surface area contributed by atoms with E-state index in [0.29, 0.717) is 5.88 Å². The highest BCUT2D eigenvalue weighted by molar-refractivity contribution is 7.10. The first-order valence-corrected chi connectivity index (χ1v) is 4.24. The van der Waals surface area contributed by atoms with Crippen molar-refractivity contribution in [1.29, 1.82) is 5.26 Å². The van der Waals surface area contributed by atoms with E-state index in [1.54, 1.807) is 0 Å². The van der Waals surface area contributed by atoms with Crippen LogP contribution in [0.3, 0.4) is 0 Å². The Balaban J connectivity index is 3.16. The number of hydrogen-bond acceptors (Lipinski definition) is 2. The van der Waals surface area contributed by atoms with Gasteiger partial charge in [-0.3, -0.25) is 0 Å². The lowest BCUT2D eigenvalue weighted by molar-refractivity contribution is 1.33. The van der Waals surface area contributed by atoms with Gasteiger partial charge in [0.25, 0.3) is 0 Å². The highest BCUT2D eigenvalue weighted by atomic mass is 35.5. The van der Waals surface area contributed by atoms with Crippen LogP contribution in [-0.4, -0.2) is 0 Å². The standard InChI is InChI=1S/C7H6ClNS/c1-5-4-10-7(3-9)6(5)2-8/h4H,2H2,1H3. The van der Waals surface area contributed by atoms with Crippen LogP contribution in [0.5, 0.6) is 0 Å². The number of halogens is 1. The van der Waals surface area contributed by atoms with E-state index >= 15 is 0 Å². The topological polar surface area (TPSA) is 23.8 Å². The van der Waals surface area contributed by atoms with Crippen LogP contribution in [0.25, 0.3) is 0 Å². The molecule has 1 heterocycles. The minimum Gasteiger partial charge on any atom is -0.192 e. The summed E-state index contributed by atoms with van der Waals surface area (Å²) < 4.78 is 0. The third-order valence-corrected chi connectivity index (χ3v) is 2.65. The smallest absolute Gasteiger partial charge is 0.110 e. The maximum Gasteiger partial charge on any atom is 0.110 e. The Kier molecular flexibility index (Phi) is 2.31. The summed E-state index contributed by atoms with van der Waals surface area (Å²) in [5.41, 5.74) is 2.10. The van der Waals surface area contributed by atoms with Crippen molar-refractivity contribution in [1.82, 2.24) is 0 Å². The second-order valence-corrected chi connectivity index (χ2v) is 3.12. The zero-order chi connectivity index (χ0) is 7.56. The van der Waals surface area contributed by atoms with Crippen LogP contribution in [0.1, 0.15) is 16.0 Å². The highest BCUT2D eigenvalue weighted by Gasteiger charge is 2.05. The third kappa shape index (κ3) is 1.16. The van der Waals surface area contributed by atoms with E-state index in [1.807, 2.05) is 12.3 Å². The van der Waals surface area contributed by atoms with Crippen molar-refractivity contribution in [2.45, 2.75) is 12.8 Å². The summed E-state index contributed by atoms with van der Waals surface area (Å²) in [7, 11) is 0. The number of aryl methyl sites for hydroxylation is 1. The Morgan fingerprint density at radius 1 is 1.80 bits per heavy atom. The zero-order valence-electron chi connectivity index (χ0n) is 5.52. The van der Waals surface area contributed by atoms with Crippen molar-refractivity contribution < 1.29 is 0 Å². The van der Waals surface area contributed by atoms with Crippen LogP contribution >= 0.6 is 22.9 Å². The Labute approximate surface area is 68.9 Å². The molecule has 0 unspecified atom stereocenters. The van der Waals surface area contributed by atoms with Gasteiger partial charge in [0.1, 0.15) is 10.9 Å². The van der Waals surface area contributed by atoms with Crippen molar-refractivity contribution in [2.75, 3.05) is 0 Å². The van der Waals surface area contributed by atoms with Gasteiger partial charge in [0.05, 0.1) is 0 Å². The van der Waals surface area contributed by atoms with Crippen LogP contribution < -0.4 is 0 Å². The highest BCUT2D eigenvalue weighted by Crippen LogP contribution is 2.22. The summed E-state index contributed by atoms with van der Waals surface area (Å²) in [6.07, 6.45) is 0. The Hall–Kier alpha value is -0.520. The molecule has 1 nitrogen and oxygen atoms in total.